The predicted octanol–water partition coefficient (Wildman–Crippen LogP) is 4.75. The van der Waals surface area contributed by atoms with Crippen LogP contribution in [0.2, 0.25) is 0 Å². The molecule has 108 valence electrons. The summed E-state index contributed by atoms with van der Waals surface area (Å²) in [5.74, 6) is 2.73. The Labute approximate surface area is 123 Å². The summed E-state index contributed by atoms with van der Waals surface area (Å²) in [6, 6.07) is 11.3. The Morgan fingerprint density at radius 2 is 1.68 bits per heavy atom. The molecule has 19 heavy (non-hydrogen) atoms. The summed E-state index contributed by atoms with van der Waals surface area (Å²) in [6.45, 7) is 9.27. The van der Waals surface area contributed by atoms with Crippen molar-refractivity contribution in [1.82, 2.24) is 5.32 Å². The first kappa shape index (κ1) is 16.6. The van der Waals surface area contributed by atoms with Crippen LogP contribution in [0.25, 0.3) is 0 Å². The molecule has 1 N–H and O–H groups in total. The van der Waals surface area contributed by atoms with Crippen molar-refractivity contribution in [3.63, 3.8) is 0 Å². The highest BCUT2D eigenvalue weighted by Crippen LogP contribution is 2.32. The molecule has 1 nitrogen and oxygen atoms in total. The van der Waals surface area contributed by atoms with Crippen LogP contribution < -0.4 is 5.32 Å². The Hall–Kier alpha value is -0.470. The second kappa shape index (κ2) is 8.65. The first-order valence-electron chi connectivity index (χ1n) is 7.40. The molecule has 0 heterocycles. The van der Waals surface area contributed by atoms with E-state index in [1.54, 1.807) is 0 Å². The van der Waals surface area contributed by atoms with Gasteiger partial charge in [0.05, 0.1) is 0 Å². The maximum absolute atomic E-state index is 3.52. The highest BCUT2D eigenvalue weighted by atomic mass is 32.2. The van der Waals surface area contributed by atoms with Crippen LogP contribution in [0, 0.1) is 11.8 Å². The van der Waals surface area contributed by atoms with E-state index in [-0.39, 0.29) is 0 Å². The maximum atomic E-state index is 3.52. The van der Waals surface area contributed by atoms with E-state index in [9.17, 15) is 0 Å². The monoisotopic (exact) mass is 279 g/mol. The Bertz CT molecular complexity index is 334. The molecule has 0 fully saturated rings. The quantitative estimate of drug-likeness (QED) is 0.737. The summed E-state index contributed by atoms with van der Waals surface area (Å²) < 4.78 is 0. The molecule has 1 aromatic rings. The molecule has 0 aromatic heterocycles. The van der Waals surface area contributed by atoms with Gasteiger partial charge < -0.3 is 5.32 Å². The minimum atomic E-state index is 0.443. The summed E-state index contributed by atoms with van der Waals surface area (Å²) in [5.41, 5.74) is 1.40. The second-order valence-corrected chi connectivity index (χ2v) is 7.22. The van der Waals surface area contributed by atoms with E-state index in [1.165, 1.54) is 17.7 Å². The van der Waals surface area contributed by atoms with E-state index in [0.29, 0.717) is 17.2 Å². The van der Waals surface area contributed by atoms with E-state index >= 15 is 0 Å². The zero-order valence-electron chi connectivity index (χ0n) is 13.0. The van der Waals surface area contributed by atoms with Crippen LogP contribution in [0.1, 0.15) is 45.7 Å². The molecule has 0 bridgehead atoms. The lowest BCUT2D eigenvalue weighted by Crippen LogP contribution is -2.31. The van der Waals surface area contributed by atoms with Gasteiger partial charge >= 0.3 is 0 Å². The van der Waals surface area contributed by atoms with Gasteiger partial charge in [0.25, 0.3) is 0 Å². The first-order chi connectivity index (χ1) is 9.06. The van der Waals surface area contributed by atoms with Crippen molar-refractivity contribution in [2.45, 2.75) is 45.4 Å². The number of nitrogens with one attached hydrogen (secondary N) is 1. The summed E-state index contributed by atoms with van der Waals surface area (Å²) in [7, 11) is 2.08. The Kier molecular flexibility index (Phi) is 7.55. The van der Waals surface area contributed by atoms with Crippen molar-refractivity contribution in [2.75, 3.05) is 12.8 Å². The van der Waals surface area contributed by atoms with Crippen molar-refractivity contribution in [3.8, 4) is 0 Å². The normalized spacial score (nSPS) is 14.9. The van der Waals surface area contributed by atoms with Crippen molar-refractivity contribution >= 4 is 11.8 Å². The summed E-state index contributed by atoms with van der Waals surface area (Å²) in [4.78, 5) is 0. The smallest absolute Gasteiger partial charge is 0.0440 e. The number of thioether (sulfide) groups is 1. The third kappa shape index (κ3) is 5.58. The van der Waals surface area contributed by atoms with Gasteiger partial charge in [0.1, 0.15) is 0 Å². The molecule has 0 radical (unpaired) electrons. The van der Waals surface area contributed by atoms with Crippen molar-refractivity contribution in [1.29, 1.82) is 0 Å². The lowest BCUT2D eigenvalue weighted by Gasteiger charge is -2.30. The number of benzene rings is 1. The van der Waals surface area contributed by atoms with Crippen LogP contribution >= 0.6 is 11.8 Å². The highest BCUT2D eigenvalue weighted by Gasteiger charge is 2.24. The van der Waals surface area contributed by atoms with E-state index in [2.05, 4.69) is 82.2 Å². The molecule has 0 aliphatic rings. The predicted molar refractivity (Wildman–Crippen MR) is 88.8 cm³/mol. The number of hydrogen-bond acceptors (Lipinski definition) is 2. The lowest BCUT2D eigenvalue weighted by molar-refractivity contribution is 0.472. The summed E-state index contributed by atoms with van der Waals surface area (Å²) in [5, 5.41) is 4.15. The minimum absolute atomic E-state index is 0.443. The van der Waals surface area contributed by atoms with Crippen LogP contribution in [0.4, 0.5) is 0 Å². The second-order valence-electron chi connectivity index (χ2n) is 5.94. The fourth-order valence-corrected chi connectivity index (χ4v) is 4.04. The van der Waals surface area contributed by atoms with Gasteiger partial charge in [-0.3, -0.25) is 0 Å². The molecule has 2 atom stereocenters. The Morgan fingerprint density at radius 1 is 1.05 bits per heavy atom. The third-order valence-electron chi connectivity index (χ3n) is 3.46. The summed E-state index contributed by atoms with van der Waals surface area (Å²) in [6.07, 6.45) is 1.30. The molecule has 1 rings (SSSR count). The van der Waals surface area contributed by atoms with Crippen LogP contribution in [0.3, 0.4) is 0 Å². The third-order valence-corrected chi connectivity index (χ3v) is 5.13. The molecule has 0 amide bonds. The minimum Gasteiger partial charge on any atom is -0.312 e. The van der Waals surface area contributed by atoms with E-state index in [1.807, 2.05) is 0 Å². The van der Waals surface area contributed by atoms with Crippen molar-refractivity contribution in [3.05, 3.63) is 35.9 Å². The topological polar surface area (TPSA) is 12.0 Å². The Morgan fingerprint density at radius 3 is 2.16 bits per heavy atom. The van der Waals surface area contributed by atoms with Crippen LogP contribution in [0.5, 0.6) is 0 Å². The Balaban J connectivity index is 2.72. The van der Waals surface area contributed by atoms with Gasteiger partial charge in [0, 0.05) is 11.3 Å². The van der Waals surface area contributed by atoms with E-state index in [0.717, 1.165) is 5.92 Å². The molecule has 1 aromatic carbocycles. The molecule has 2 unspecified atom stereocenters. The zero-order chi connectivity index (χ0) is 14.3. The van der Waals surface area contributed by atoms with Crippen LogP contribution in [-0.2, 0) is 0 Å². The molecular formula is C17H29NS. The zero-order valence-corrected chi connectivity index (χ0v) is 13.8. The molecule has 0 aliphatic carbocycles. The fraction of sp³-hybridized carbons (Fsp3) is 0.647. The largest absolute Gasteiger partial charge is 0.312 e. The molecule has 0 aliphatic heterocycles. The number of hydrogen-bond donors (Lipinski definition) is 1. The standard InChI is InChI=1S/C17H29NS/c1-13(2)11-12-19-17(14(3)4)16(18-5)15-9-7-6-8-10-15/h6-10,13-14,16-18H,11-12H2,1-5H3. The van der Waals surface area contributed by atoms with E-state index in [4.69, 9.17) is 0 Å². The van der Waals surface area contributed by atoms with E-state index < -0.39 is 0 Å². The van der Waals surface area contributed by atoms with Gasteiger partial charge in [0.15, 0.2) is 0 Å². The molecule has 0 spiro atoms. The van der Waals surface area contributed by atoms with Gasteiger partial charge in [0.2, 0.25) is 0 Å². The van der Waals surface area contributed by atoms with Crippen molar-refractivity contribution < 1.29 is 0 Å². The molecule has 2 heteroatoms. The van der Waals surface area contributed by atoms with Gasteiger partial charge in [-0.25, -0.2) is 0 Å². The molecule has 0 saturated carbocycles. The SMILES string of the molecule is CNC(c1ccccc1)C(SCCC(C)C)C(C)C. The lowest BCUT2D eigenvalue weighted by atomic mass is 9.96. The molecular weight excluding hydrogens is 250 g/mol. The van der Waals surface area contributed by atoms with Crippen molar-refractivity contribution in [2.24, 2.45) is 11.8 Å². The average Bonchev–Trinajstić information content (AvgIpc) is 2.38. The molecule has 0 saturated heterocycles. The van der Waals surface area contributed by atoms with Gasteiger partial charge in [-0.1, -0.05) is 58.0 Å². The van der Waals surface area contributed by atoms with Crippen LogP contribution in [-0.4, -0.2) is 18.1 Å². The highest BCUT2D eigenvalue weighted by molar-refractivity contribution is 7.99. The first-order valence-corrected chi connectivity index (χ1v) is 8.45. The van der Waals surface area contributed by atoms with Gasteiger partial charge in [-0.2, -0.15) is 11.8 Å². The summed E-state index contributed by atoms with van der Waals surface area (Å²) >= 11 is 2.12. The van der Waals surface area contributed by atoms with Gasteiger partial charge in [-0.15, -0.1) is 0 Å². The van der Waals surface area contributed by atoms with Gasteiger partial charge in [-0.05, 0) is 36.6 Å². The maximum Gasteiger partial charge on any atom is 0.0440 e. The average molecular weight is 279 g/mol. The fourth-order valence-electron chi connectivity index (χ4n) is 2.29. The number of rotatable bonds is 8. The van der Waals surface area contributed by atoms with Crippen LogP contribution in [0.15, 0.2) is 30.3 Å².